The third kappa shape index (κ3) is 3.05. The van der Waals surface area contributed by atoms with E-state index in [0.29, 0.717) is 23.2 Å². The average Bonchev–Trinajstić information content (AvgIpc) is 3.33. The highest BCUT2D eigenvalue weighted by molar-refractivity contribution is 8.00. The number of furan rings is 1. The van der Waals surface area contributed by atoms with Gasteiger partial charge in [-0.15, -0.1) is 10.2 Å². The summed E-state index contributed by atoms with van der Waals surface area (Å²) < 4.78 is 12.4. The molecule has 0 N–H and O–H groups in total. The fourth-order valence-corrected chi connectivity index (χ4v) is 3.65. The molecule has 0 atom stereocenters. The normalized spacial score (nSPS) is 11.0. The van der Waals surface area contributed by atoms with Crippen molar-refractivity contribution in [3.63, 3.8) is 0 Å². The molecule has 0 spiro atoms. The second-order valence-corrected chi connectivity index (χ2v) is 6.74. The molecule has 120 valence electrons. The van der Waals surface area contributed by atoms with E-state index in [9.17, 15) is 0 Å². The molecule has 0 aliphatic carbocycles. The summed E-state index contributed by atoms with van der Waals surface area (Å²) in [5.74, 6) is 2.17. The fourth-order valence-electron chi connectivity index (χ4n) is 2.07. The van der Waals surface area contributed by atoms with Crippen molar-refractivity contribution in [2.45, 2.75) is 23.0 Å². The lowest BCUT2D eigenvalue weighted by Gasteiger charge is -2.07. The summed E-state index contributed by atoms with van der Waals surface area (Å²) in [6.07, 6.45) is 6.55. The van der Waals surface area contributed by atoms with E-state index in [0.717, 1.165) is 15.9 Å². The van der Waals surface area contributed by atoms with Gasteiger partial charge in [-0.1, -0.05) is 0 Å². The third-order valence-electron chi connectivity index (χ3n) is 3.09. The first-order chi connectivity index (χ1) is 11.8. The predicted octanol–water partition coefficient (Wildman–Crippen LogP) is 2.69. The van der Waals surface area contributed by atoms with E-state index in [-0.39, 0.29) is 0 Å². The second-order valence-electron chi connectivity index (χ2n) is 4.77. The number of hydrogen-bond acceptors (Lipinski definition) is 9. The summed E-state index contributed by atoms with van der Waals surface area (Å²) in [5, 5.41) is 9.25. The van der Waals surface area contributed by atoms with Gasteiger partial charge in [-0.25, -0.2) is 9.97 Å². The Morgan fingerprint density at radius 1 is 1.29 bits per heavy atom. The SMILES string of the molecule is Cc1nsc(Sc2nnc(-c3cnccn3)n2Cc2ccco2)n1. The number of rotatable bonds is 5. The summed E-state index contributed by atoms with van der Waals surface area (Å²) in [6.45, 7) is 2.35. The Balaban J connectivity index is 1.74. The van der Waals surface area contributed by atoms with E-state index in [1.807, 2.05) is 23.6 Å². The zero-order valence-corrected chi connectivity index (χ0v) is 14.2. The Labute approximate surface area is 145 Å². The Hall–Kier alpha value is -2.59. The van der Waals surface area contributed by atoms with Crippen LogP contribution in [0.15, 0.2) is 50.9 Å². The minimum absolute atomic E-state index is 0.492. The van der Waals surface area contributed by atoms with Crippen LogP contribution in [-0.4, -0.2) is 34.1 Å². The molecule has 24 heavy (non-hydrogen) atoms. The largest absolute Gasteiger partial charge is 0.467 e. The van der Waals surface area contributed by atoms with Gasteiger partial charge in [-0.3, -0.25) is 9.55 Å². The quantitative estimate of drug-likeness (QED) is 0.538. The van der Waals surface area contributed by atoms with Gasteiger partial charge in [-0.2, -0.15) is 4.37 Å². The molecule has 0 saturated carbocycles. The van der Waals surface area contributed by atoms with Gasteiger partial charge in [-0.05, 0) is 42.4 Å². The number of hydrogen-bond donors (Lipinski definition) is 0. The van der Waals surface area contributed by atoms with Crippen LogP contribution in [0.2, 0.25) is 0 Å². The molecule has 0 radical (unpaired) electrons. The molecule has 0 saturated heterocycles. The van der Waals surface area contributed by atoms with Crippen molar-refractivity contribution < 1.29 is 4.42 Å². The summed E-state index contributed by atoms with van der Waals surface area (Å²) >= 11 is 2.75. The molecule has 4 aromatic heterocycles. The van der Waals surface area contributed by atoms with Gasteiger partial charge in [0.25, 0.3) is 0 Å². The molecule has 0 bridgehead atoms. The lowest BCUT2D eigenvalue weighted by atomic mass is 10.4. The van der Waals surface area contributed by atoms with E-state index in [2.05, 4.69) is 29.5 Å². The molecule has 0 unspecified atom stereocenters. The smallest absolute Gasteiger partial charge is 0.199 e. The van der Waals surface area contributed by atoms with Gasteiger partial charge >= 0.3 is 0 Å². The van der Waals surface area contributed by atoms with Crippen LogP contribution in [0.25, 0.3) is 11.5 Å². The van der Waals surface area contributed by atoms with Crippen molar-refractivity contribution in [1.82, 2.24) is 34.1 Å². The average molecular weight is 357 g/mol. The predicted molar refractivity (Wildman–Crippen MR) is 87.6 cm³/mol. The molecule has 4 heterocycles. The number of aryl methyl sites for hydroxylation is 1. The van der Waals surface area contributed by atoms with E-state index in [4.69, 9.17) is 4.42 Å². The fraction of sp³-hybridized carbons (Fsp3) is 0.143. The Morgan fingerprint density at radius 3 is 2.96 bits per heavy atom. The first-order valence-corrected chi connectivity index (χ1v) is 8.59. The Kier molecular flexibility index (Phi) is 4.05. The summed E-state index contributed by atoms with van der Waals surface area (Å²) in [5.41, 5.74) is 0.650. The molecule has 0 aromatic carbocycles. The molecule has 0 fully saturated rings. The van der Waals surface area contributed by atoms with Gasteiger partial charge in [0.2, 0.25) is 0 Å². The number of nitrogens with zero attached hydrogens (tertiary/aromatic N) is 7. The molecule has 8 nitrogen and oxygen atoms in total. The third-order valence-corrected chi connectivity index (χ3v) is 4.92. The van der Waals surface area contributed by atoms with Gasteiger partial charge in [0, 0.05) is 12.4 Å². The van der Waals surface area contributed by atoms with Crippen molar-refractivity contribution in [3.05, 3.63) is 48.6 Å². The monoisotopic (exact) mass is 357 g/mol. The lowest BCUT2D eigenvalue weighted by molar-refractivity contribution is 0.485. The molecular weight excluding hydrogens is 346 g/mol. The maximum absolute atomic E-state index is 5.46. The van der Waals surface area contributed by atoms with Crippen LogP contribution in [0.4, 0.5) is 0 Å². The van der Waals surface area contributed by atoms with Crippen molar-refractivity contribution in [1.29, 1.82) is 0 Å². The Bertz CT molecular complexity index is 933. The van der Waals surface area contributed by atoms with Gasteiger partial charge in [0.15, 0.2) is 15.3 Å². The van der Waals surface area contributed by atoms with Crippen LogP contribution in [0.3, 0.4) is 0 Å². The highest BCUT2D eigenvalue weighted by atomic mass is 32.2. The second kappa shape index (κ2) is 6.49. The molecule has 4 aromatic rings. The highest BCUT2D eigenvalue weighted by Crippen LogP contribution is 2.30. The minimum Gasteiger partial charge on any atom is -0.467 e. The van der Waals surface area contributed by atoms with Gasteiger partial charge in [0.05, 0.1) is 19.0 Å². The van der Waals surface area contributed by atoms with Crippen LogP contribution in [0, 0.1) is 6.92 Å². The van der Waals surface area contributed by atoms with Crippen molar-refractivity contribution in [2.75, 3.05) is 0 Å². The molecular formula is C14H11N7OS2. The van der Waals surface area contributed by atoms with E-state index in [1.54, 1.807) is 24.9 Å². The van der Waals surface area contributed by atoms with Gasteiger partial charge in [0.1, 0.15) is 17.3 Å². The van der Waals surface area contributed by atoms with Crippen molar-refractivity contribution in [2.24, 2.45) is 0 Å². The molecule has 0 aliphatic rings. The van der Waals surface area contributed by atoms with Crippen molar-refractivity contribution in [3.8, 4) is 11.5 Å². The maximum Gasteiger partial charge on any atom is 0.199 e. The number of aromatic nitrogens is 7. The minimum atomic E-state index is 0.492. The van der Waals surface area contributed by atoms with Crippen LogP contribution in [-0.2, 0) is 6.54 Å². The first kappa shape index (κ1) is 15.0. The molecule has 10 heteroatoms. The molecule has 4 rings (SSSR count). The lowest BCUT2D eigenvalue weighted by Crippen LogP contribution is -2.04. The van der Waals surface area contributed by atoms with Crippen LogP contribution < -0.4 is 0 Å². The van der Waals surface area contributed by atoms with E-state index >= 15 is 0 Å². The summed E-state index contributed by atoms with van der Waals surface area (Å²) in [6, 6.07) is 3.76. The zero-order valence-electron chi connectivity index (χ0n) is 12.5. The van der Waals surface area contributed by atoms with Crippen LogP contribution >= 0.6 is 23.3 Å². The standard InChI is InChI=1S/C14H11N7OS2/c1-9-17-14(24-20-9)23-13-19-18-12(11-7-15-4-5-16-11)21(13)8-10-3-2-6-22-10/h2-7H,8H2,1H3. The zero-order chi connectivity index (χ0) is 16.4. The van der Waals surface area contributed by atoms with Crippen molar-refractivity contribution >= 4 is 23.3 Å². The highest BCUT2D eigenvalue weighted by Gasteiger charge is 2.18. The Morgan fingerprint density at radius 2 is 2.25 bits per heavy atom. The van der Waals surface area contributed by atoms with Gasteiger partial charge < -0.3 is 4.42 Å². The van der Waals surface area contributed by atoms with Crippen LogP contribution in [0.1, 0.15) is 11.6 Å². The first-order valence-electron chi connectivity index (χ1n) is 7.00. The summed E-state index contributed by atoms with van der Waals surface area (Å²) in [4.78, 5) is 12.8. The van der Waals surface area contributed by atoms with Crippen LogP contribution in [0.5, 0.6) is 0 Å². The maximum atomic E-state index is 5.46. The summed E-state index contributed by atoms with van der Waals surface area (Å²) in [7, 11) is 0. The molecule has 0 amide bonds. The van der Waals surface area contributed by atoms with E-state index in [1.165, 1.54) is 23.3 Å². The van der Waals surface area contributed by atoms with E-state index < -0.39 is 0 Å². The molecule has 0 aliphatic heterocycles. The topological polar surface area (TPSA) is 95.4 Å².